The molecule has 0 amide bonds. The van der Waals surface area contributed by atoms with Crippen LogP contribution in [0.4, 0.5) is 0 Å². The van der Waals surface area contributed by atoms with Gasteiger partial charge in [-0.05, 0) is 42.9 Å². The molecule has 0 bridgehead atoms. The number of benzene rings is 1. The minimum Gasteiger partial charge on any atom is -0.461 e. The van der Waals surface area contributed by atoms with E-state index in [1.165, 1.54) is 5.57 Å². The van der Waals surface area contributed by atoms with Crippen LogP contribution in [0.3, 0.4) is 0 Å². The van der Waals surface area contributed by atoms with Crippen molar-refractivity contribution in [3.05, 3.63) is 35.4 Å². The van der Waals surface area contributed by atoms with Gasteiger partial charge in [-0.25, -0.2) is 0 Å². The molecule has 1 fully saturated rings. The van der Waals surface area contributed by atoms with E-state index in [0.717, 1.165) is 11.3 Å². The normalized spacial score (nSPS) is 23.8. The second-order valence-electron chi connectivity index (χ2n) is 6.86. The predicted octanol–water partition coefficient (Wildman–Crippen LogP) is 3.70. The van der Waals surface area contributed by atoms with Crippen LogP contribution in [0, 0.1) is 17.3 Å². The SMILES string of the molecule is CC(C)=C[C@@H]1[C@@H](C(=O)OCc2ccc3c(c2)OCO3)C1(C)C. The van der Waals surface area contributed by atoms with Gasteiger partial charge in [-0.1, -0.05) is 31.6 Å². The summed E-state index contributed by atoms with van der Waals surface area (Å²) in [4.78, 5) is 12.3. The maximum atomic E-state index is 12.3. The summed E-state index contributed by atoms with van der Waals surface area (Å²) in [7, 11) is 0. The van der Waals surface area contributed by atoms with Crippen LogP contribution in [0.15, 0.2) is 29.8 Å². The van der Waals surface area contributed by atoms with E-state index in [9.17, 15) is 4.79 Å². The fourth-order valence-corrected chi connectivity index (χ4v) is 3.07. The Morgan fingerprint density at radius 2 is 2.05 bits per heavy atom. The molecule has 2 aliphatic rings. The van der Waals surface area contributed by atoms with Crippen LogP contribution in [-0.2, 0) is 16.1 Å². The molecule has 1 aromatic rings. The van der Waals surface area contributed by atoms with Crippen molar-refractivity contribution < 1.29 is 19.0 Å². The predicted molar refractivity (Wildman–Crippen MR) is 82.6 cm³/mol. The van der Waals surface area contributed by atoms with Crippen molar-refractivity contribution in [3.63, 3.8) is 0 Å². The molecule has 1 aliphatic heterocycles. The van der Waals surface area contributed by atoms with Gasteiger partial charge in [0.2, 0.25) is 6.79 Å². The molecule has 1 aliphatic carbocycles. The molecular weight excluding hydrogens is 280 g/mol. The summed E-state index contributed by atoms with van der Waals surface area (Å²) in [6.07, 6.45) is 2.17. The summed E-state index contributed by atoms with van der Waals surface area (Å²) in [5.41, 5.74) is 2.14. The molecule has 0 radical (unpaired) electrons. The van der Waals surface area contributed by atoms with Gasteiger partial charge in [0.15, 0.2) is 11.5 Å². The Hall–Kier alpha value is -1.97. The molecule has 3 rings (SSSR count). The van der Waals surface area contributed by atoms with Crippen LogP contribution in [0.5, 0.6) is 11.5 Å². The molecule has 2 atom stereocenters. The van der Waals surface area contributed by atoms with Gasteiger partial charge in [0.05, 0.1) is 5.92 Å². The molecule has 1 aromatic carbocycles. The van der Waals surface area contributed by atoms with Crippen LogP contribution in [0.25, 0.3) is 0 Å². The monoisotopic (exact) mass is 302 g/mol. The number of hydrogen-bond acceptors (Lipinski definition) is 4. The first kappa shape index (κ1) is 14.9. The van der Waals surface area contributed by atoms with E-state index >= 15 is 0 Å². The van der Waals surface area contributed by atoms with Crippen molar-refractivity contribution >= 4 is 5.97 Å². The largest absolute Gasteiger partial charge is 0.461 e. The number of carbonyl (C=O) groups excluding carboxylic acids is 1. The van der Waals surface area contributed by atoms with Crippen molar-refractivity contribution in [2.45, 2.75) is 34.3 Å². The average molecular weight is 302 g/mol. The maximum Gasteiger partial charge on any atom is 0.310 e. The van der Waals surface area contributed by atoms with Gasteiger partial charge in [0.25, 0.3) is 0 Å². The molecule has 0 spiro atoms. The van der Waals surface area contributed by atoms with E-state index in [4.69, 9.17) is 14.2 Å². The third-order valence-corrected chi connectivity index (χ3v) is 4.50. The van der Waals surface area contributed by atoms with Crippen LogP contribution >= 0.6 is 0 Å². The summed E-state index contributed by atoms with van der Waals surface area (Å²) in [5, 5.41) is 0. The van der Waals surface area contributed by atoms with Gasteiger partial charge in [0, 0.05) is 0 Å². The zero-order chi connectivity index (χ0) is 15.9. The number of hydrogen-bond donors (Lipinski definition) is 0. The molecule has 4 nitrogen and oxygen atoms in total. The Balaban J connectivity index is 1.60. The number of ether oxygens (including phenoxy) is 3. The molecule has 4 heteroatoms. The van der Waals surface area contributed by atoms with Crippen LogP contribution in [-0.4, -0.2) is 12.8 Å². The Morgan fingerprint density at radius 3 is 2.77 bits per heavy atom. The molecule has 0 aromatic heterocycles. The Labute approximate surface area is 131 Å². The standard InChI is InChI=1S/C18H22O4/c1-11(2)7-13-16(18(13,3)4)17(19)20-9-12-5-6-14-15(8-12)22-10-21-14/h5-8,13,16H,9-10H2,1-4H3/t13-,16+/m1/s1. The van der Waals surface area contributed by atoms with Crippen LogP contribution < -0.4 is 9.47 Å². The first-order chi connectivity index (χ1) is 10.4. The van der Waals surface area contributed by atoms with Crippen LogP contribution in [0.2, 0.25) is 0 Å². The minimum atomic E-state index is -0.120. The highest BCUT2D eigenvalue weighted by Crippen LogP contribution is 2.59. The number of fused-ring (bicyclic) bond motifs is 1. The third-order valence-electron chi connectivity index (χ3n) is 4.50. The Morgan fingerprint density at radius 1 is 1.32 bits per heavy atom. The fourth-order valence-electron chi connectivity index (χ4n) is 3.07. The first-order valence-corrected chi connectivity index (χ1v) is 7.60. The summed E-state index contributed by atoms with van der Waals surface area (Å²) >= 11 is 0. The van der Waals surface area contributed by atoms with E-state index in [-0.39, 0.29) is 36.6 Å². The smallest absolute Gasteiger partial charge is 0.310 e. The maximum absolute atomic E-state index is 12.3. The summed E-state index contributed by atoms with van der Waals surface area (Å²) < 4.78 is 16.1. The zero-order valence-corrected chi connectivity index (χ0v) is 13.5. The zero-order valence-electron chi connectivity index (χ0n) is 13.5. The molecular formula is C18H22O4. The van der Waals surface area contributed by atoms with Crippen molar-refractivity contribution in [3.8, 4) is 11.5 Å². The van der Waals surface area contributed by atoms with Gasteiger partial charge in [0.1, 0.15) is 6.61 Å². The molecule has 118 valence electrons. The lowest BCUT2D eigenvalue weighted by molar-refractivity contribution is -0.147. The third kappa shape index (κ3) is 2.70. The van der Waals surface area contributed by atoms with Gasteiger partial charge in [-0.3, -0.25) is 4.79 Å². The minimum absolute atomic E-state index is 0.0107. The number of rotatable bonds is 4. The summed E-state index contributed by atoms with van der Waals surface area (Å²) in [6.45, 7) is 8.86. The second kappa shape index (κ2) is 5.34. The quantitative estimate of drug-likeness (QED) is 0.628. The van der Waals surface area contributed by atoms with E-state index in [1.807, 2.05) is 18.2 Å². The molecule has 0 unspecified atom stereocenters. The number of esters is 1. The highest BCUT2D eigenvalue weighted by molar-refractivity contribution is 5.78. The lowest BCUT2D eigenvalue weighted by atomic mass is 10.1. The van der Waals surface area contributed by atoms with Gasteiger partial charge in [-0.15, -0.1) is 0 Å². The number of allylic oxidation sites excluding steroid dienone is 2. The molecule has 0 saturated heterocycles. The van der Waals surface area contributed by atoms with Crippen molar-refractivity contribution in [1.82, 2.24) is 0 Å². The van der Waals surface area contributed by atoms with E-state index in [0.29, 0.717) is 5.75 Å². The van der Waals surface area contributed by atoms with E-state index < -0.39 is 0 Å². The van der Waals surface area contributed by atoms with Crippen molar-refractivity contribution in [2.24, 2.45) is 17.3 Å². The summed E-state index contributed by atoms with van der Waals surface area (Å²) in [6, 6.07) is 5.60. The van der Waals surface area contributed by atoms with E-state index in [1.54, 1.807) is 0 Å². The molecule has 22 heavy (non-hydrogen) atoms. The van der Waals surface area contributed by atoms with Gasteiger partial charge < -0.3 is 14.2 Å². The van der Waals surface area contributed by atoms with Gasteiger partial charge in [-0.2, -0.15) is 0 Å². The molecule has 1 saturated carbocycles. The summed E-state index contributed by atoms with van der Waals surface area (Å²) in [5.74, 6) is 1.56. The fraction of sp³-hybridized carbons (Fsp3) is 0.500. The van der Waals surface area contributed by atoms with E-state index in [2.05, 4.69) is 33.8 Å². The second-order valence-corrected chi connectivity index (χ2v) is 6.86. The molecule has 1 heterocycles. The highest BCUT2D eigenvalue weighted by atomic mass is 16.7. The lowest BCUT2D eigenvalue weighted by Crippen LogP contribution is -2.10. The first-order valence-electron chi connectivity index (χ1n) is 7.60. The topological polar surface area (TPSA) is 44.8 Å². The van der Waals surface area contributed by atoms with Gasteiger partial charge >= 0.3 is 5.97 Å². The van der Waals surface area contributed by atoms with Crippen molar-refractivity contribution in [1.29, 1.82) is 0 Å². The average Bonchev–Trinajstić information content (AvgIpc) is 2.83. The Bertz CT molecular complexity index is 626. The Kier molecular flexibility index (Phi) is 3.63. The highest BCUT2D eigenvalue weighted by Gasteiger charge is 2.61. The number of carbonyl (C=O) groups is 1. The van der Waals surface area contributed by atoms with Crippen LogP contribution in [0.1, 0.15) is 33.3 Å². The molecule has 0 N–H and O–H groups in total. The van der Waals surface area contributed by atoms with Crippen molar-refractivity contribution in [2.75, 3.05) is 6.79 Å². The lowest BCUT2D eigenvalue weighted by Gasteiger charge is -2.06.